The molecular formula is C9H18Sn. The van der Waals surface area contributed by atoms with Gasteiger partial charge in [-0.25, -0.2) is 0 Å². The summed E-state index contributed by atoms with van der Waals surface area (Å²) in [5.41, 5.74) is 1.16. The molecule has 1 heteroatoms. The van der Waals surface area contributed by atoms with Gasteiger partial charge in [0.1, 0.15) is 0 Å². The van der Waals surface area contributed by atoms with Crippen molar-refractivity contribution in [3.63, 3.8) is 0 Å². The monoisotopic (exact) mass is 246 g/mol. The van der Waals surface area contributed by atoms with E-state index in [0.29, 0.717) is 0 Å². The summed E-state index contributed by atoms with van der Waals surface area (Å²) in [6.45, 7) is 5.85. The Balaban J connectivity index is 3.64. The van der Waals surface area contributed by atoms with Gasteiger partial charge >= 0.3 is 68.9 Å². The summed E-state index contributed by atoms with van der Waals surface area (Å²) in [4.78, 5) is 7.33. The van der Waals surface area contributed by atoms with Crippen LogP contribution in [0.15, 0.2) is 24.3 Å². The molecule has 0 saturated heterocycles. The molecule has 0 atom stereocenters. The molecule has 0 aromatic carbocycles. The fourth-order valence-corrected chi connectivity index (χ4v) is 2.97. The van der Waals surface area contributed by atoms with Gasteiger partial charge in [-0.3, -0.25) is 0 Å². The Bertz CT molecular complexity index is 137. The minimum atomic E-state index is -1.50. The molecule has 0 aliphatic heterocycles. The molecule has 58 valence electrons. The Kier molecular flexibility index (Phi) is 4.34. The molecule has 0 rings (SSSR count). The molecule has 0 saturated carbocycles. The number of rotatable bonds is 3. The first-order valence-electron chi connectivity index (χ1n) is 3.74. The van der Waals surface area contributed by atoms with Gasteiger partial charge in [0.05, 0.1) is 0 Å². The van der Waals surface area contributed by atoms with Crippen molar-refractivity contribution >= 4 is 18.4 Å². The van der Waals surface area contributed by atoms with Gasteiger partial charge in [0.15, 0.2) is 0 Å². The zero-order valence-corrected chi connectivity index (χ0v) is 10.4. The van der Waals surface area contributed by atoms with Crippen LogP contribution in [0.1, 0.15) is 6.92 Å². The van der Waals surface area contributed by atoms with E-state index in [0.717, 1.165) is 5.57 Å². The molecule has 0 aliphatic carbocycles. The van der Waals surface area contributed by atoms with Gasteiger partial charge in [0.2, 0.25) is 0 Å². The molecule has 0 N–H and O–H groups in total. The summed E-state index contributed by atoms with van der Waals surface area (Å²) in [5.74, 6) is 0. The SMILES string of the molecule is C=C(C)/C=C\[CH2][Sn]([CH3])([CH3])[CH3]. The summed E-state index contributed by atoms with van der Waals surface area (Å²) in [5, 5.41) is 0. The van der Waals surface area contributed by atoms with Crippen molar-refractivity contribution in [2.45, 2.75) is 26.2 Å². The van der Waals surface area contributed by atoms with Gasteiger partial charge in [-0.15, -0.1) is 0 Å². The molecule has 0 aliphatic rings. The van der Waals surface area contributed by atoms with Crippen LogP contribution in [0.25, 0.3) is 0 Å². The van der Waals surface area contributed by atoms with Gasteiger partial charge in [-0.1, -0.05) is 0 Å². The second kappa shape index (κ2) is 4.22. The standard InChI is InChI=1S/C6H9.3CH3.Sn/c1-4-5-6(2)3;;;;/h4-5H,1-2H2,3H3;3*1H3;/b5-4-;;;;. The first-order chi connectivity index (χ1) is 4.42. The normalized spacial score (nSPS) is 12.4. The molecule has 0 heterocycles. The molecule has 0 nitrogen and oxygen atoms in total. The Morgan fingerprint density at radius 3 is 2.20 bits per heavy atom. The van der Waals surface area contributed by atoms with Crippen LogP contribution in [0.5, 0.6) is 0 Å². The molecule has 0 radical (unpaired) electrons. The molecule has 10 heavy (non-hydrogen) atoms. The maximum absolute atomic E-state index is 3.81. The maximum atomic E-state index is 3.81. The third kappa shape index (κ3) is 8.28. The zero-order chi connectivity index (χ0) is 8.20. The molecule has 0 aromatic rings. The van der Waals surface area contributed by atoms with Crippen LogP contribution in [-0.2, 0) is 0 Å². The summed E-state index contributed by atoms with van der Waals surface area (Å²) in [7, 11) is 0. The van der Waals surface area contributed by atoms with E-state index >= 15 is 0 Å². The average molecular weight is 245 g/mol. The van der Waals surface area contributed by atoms with Crippen molar-refractivity contribution in [2.75, 3.05) is 0 Å². The fourth-order valence-electron chi connectivity index (χ4n) is 0.614. The van der Waals surface area contributed by atoms with Crippen molar-refractivity contribution in [1.29, 1.82) is 0 Å². The summed E-state index contributed by atoms with van der Waals surface area (Å²) < 4.78 is 1.33. The molecule has 0 spiro atoms. The quantitative estimate of drug-likeness (QED) is 0.527. The van der Waals surface area contributed by atoms with Crippen LogP contribution in [-0.4, -0.2) is 18.4 Å². The molecule has 0 unspecified atom stereocenters. The number of allylic oxidation sites excluding steroid dienone is 3. The molecule has 0 amide bonds. The van der Waals surface area contributed by atoms with E-state index < -0.39 is 18.4 Å². The topological polar surface area (TPSA) is 0 Å². The van der Waals surface area contributed by atoms with Crippen LogP contribution in [0.4, 0.5) is 0 Å². The van der Waals surface area contributed by atoms with Crippen molar-refractivity contribution in [3.8, 4) is 0 Å². The van der Waals surface area contributed by atoms with Gasteiger partial charge in [0.25, 0.3) is 0 Å². The summed E-state index contributed by atoms with van der Waals surface area (Å²) in [6, 6.07) is 0. The predicted molar refractivity (Wildman–Crippen MR) is 52.1 cm³/mol. The Hall–Kier alpha value is 0.279. The van der Waals surface area contributed by atoms with Gasteiger partial charge < -0.3 is 0 Å². The molecule has 0 bridgehead atoms. The third-order valence-electron chi connectivity index (χ3n) is 1.13. The Morgan fingerprint density at radius 2 is 1.90 bits per heavy atom. The first-order valence-corrected chi connectivity index (χ1v) is 14.3. The Morgan fingerprint density at radius 1 is 1.40 bits per heavy atom. The van der Waals surface area contributed by atoms with E-state index in [1.165, 1.54) is 4.44 Å². The Labute approximate surface area is 68.9 Å². The first kappa shape index (κ1) is 10.3. The van der Waals surface area contributed by atoms with Crippen LogP contribution < -0.4 is 0 Å². The summed E-state index contributed by atoms with van der Waals surface area (Å²) >= 11 is -1.50. The molecule has 0 fully saturated rings. The van der Waals surface area contributed by atoms with E-state index in [-0.39, 0.29) is 0 Å². The van der Waals surface area contributed by atoms with Crippen molar-refractivity contribution in [1.82, 2.24) is 0 Å². The van der Waals surface area contributed by atoms with Crippen molar-refractivity contribution in [2.24, 2.45) is 0 Å². The number of hydrogen-bond donors (Lipinski definition) is 0. The zero-order valence-electron chi connectivity index (χ0n) is 7.57. The van der Waals surface area contributed by atoms with Crippen molar-refractivity contribution < 1.29 is 0 Å². The second-order valence-electron chi connectivity index (χ2n) is 4.01. The average Bonchev–Trinajstić information content (AvgIpc) is 1.59. The van der Waals surface area contributed by atoms with Gasteiger partial charge in [0, 0.05) is 0 Å². The minimum absolute atomic E-state index is 1.16. The van der Waals surface area contributed by atoms with Crippen LogP contribution in [0.2, 0.25) is 19.3 Å². The van der Waals surface area contributed by atoms with E-state index in [4.69, 9.17) is 0 Å². The van der Waals surface area contributed by atoms with E-state index in [2.05, 4.69) is 33.5 Å². The van der Waals surface area contributed by atoms with E-state index in [9.17, 15) is 0 Å². The fraction of sp³-hybridized carbons (Fsp3) is 0.556. The van der Waals surface area contributed by atoms with E-state index in [1.807, 2.05) is 6.92 Å². The van der Waals surface area contributed by atoms with Crippen LogP contribution in [0.3, 0.4) is 0 Å². The predicted octanol–water partition coefficient (Wildman–Crippen LogP) is 3.46. The second-order valence-corrected chi connectivity index (χ2v) is 19.8. The van der Waals surface area contributed by atoms with E-state index in [1.54, 1.807) is 0 Å². The number of hydrogen-bond acceptors (Lipinski definition) is 0. The molecular weight excluding hydrogens is 227 g/mol. The van der Waals surface area contributed by atoms with Crippen LogP contribution >= 0.6 is 0 Å². The van der Waals surface area contributed by atoms with Crippen molar-refractivity contribution in [3.05, 3.63) is 24.3 Å². The molecule has 0 aromatic heterocycles. The summed E-state index contributed by atoms with van der Waals surface area (Å²) in [6.07, 6.45) is 4.40. The third-order valence-corrected chi connectivity index (χ3v) is 5.30. The van der Waals surface area contributed by atoms with Gasteiger partial charge in [-0.05, 0) is 0 Å². The van der Waals surface area contributed by atoms with Gasteiger partial charge in [-0.2, -0.15) is 0 Å². The van der Waals surface area contributed by atoms with Crippen LogP contribution in [0, 0.1) is 0 Å².